The van der Waals surface area contributed by atoms with Crippen LogP contribution in [0, 0.1) is 0 Å². The number of aliphatic hydroxyl groups is 1. The van der Waals surface area contributed by atoms with Gasteiger partial charge in [0.15, 0.2) is 11.5 Å². The number of rotatable bonds is 4. The Hall–Kier alpha value is -3.71. The van der Waals surface area contributed by atoms with E-state index in [1.165, 1.54) is 11.1 Å². The summed E-state index contributed by atoms with van der Waals surface area (Å²) in [7, 11) is 0. The molecule has 4 aromatic rings. The van der Waals surface area contributed by atoms with E-state index in [9.17, 15) is 5.11 Å². The van der Waals surface area contributed by atoms with Crippen LogP contribution >= 0.6 is 0 Å². The summed E-state index contributed by atoms with van der Waals surface area (Å²) >= 11 is 0. The number of fused-ring (bicyclic) bond motifs is 2. The van der Waals surface area contributed by atoms with Gasteiger partial charge in [0, 0.05) is 54.8 Å². The van der Waals surface area contributed by atoms with E-state index < -0.39 is 0 Å². The van der Waals surface area contributed by atoms with Gasteiger partial charge in [-0.05, 0) is 41.5 Å². The molecule has 0 amide bonds. The van der Waals surface area contributed by atoms with Crippen LogP contribution in [-0.2, 0) is 6.54 Å². The maximum atomic E-state index is 9.50. The van der Waals surface area contributed by atoms with Crippen LogP contribution in [0.25, 0.3) is 16.9 Å². The second kappa shape index (κ2) is 6.67. The van der Waals surface area contributed by atoms with Gasteiger partial charge in [0.2, 0.25) is 0 Å². The average molecular weight is 396 g/mol. The highest BCUT2D eigenvalue weighted by atomic mass is 16.3. The summed E-state index contributed by atoms with van der Waals surface area (Å²) in [5.74, 6) is 0.710. The van der Waals surface area contributed by atoms with Crippen molar-refractivity contribution in [3.63, 3.8) is 0 Å². The number of aliphatic hydroxyl groups excluding tert-OH is 1. The second-order valence-electron chi connectivity index (χ2n) is 7.75. The Morgan fingerprint density at radius 2 is 1.93 bits per heavy atom. The van der Waals surface area contributed by atoms with Gasteiger partial charge in [0.1, 0.15) is 0 Å². The van der Waals surface area contributed by atoms with Crippen molar-refractivity contribution in [1.29, 1.82) is 0 Å². The lowest BCUT2D eigenvalue weighted by Gasteiger charge is -2.37. The number of hydrogen-bond acceptors (Lipinski definition) is 6. The molecule has 2 aliphatic heterocycles. The lowest BCUT2D eigenvalue weighted by molar-refractivity contribution is 0.142. The van der Waals surface area contributed by atoms with Gasteiger partial charge < -0.3 is 19.7 Å². The summed E-state index contributed by atoms with van der Waals surface area (Å²) in [6, 6.07) is 14.5. The number of anilines is 3. The third-order valence-electron chi connectivity index (χ3n) is 5.66. The summed E-state index contributed by atoms with van der Waals surface area (Å²) < 4.78 is 1.99. The minimum atomic E-state index is -0.214. The minimum Gasteiger partial charge on any atom is -0.389 e. The van der Waals surface area contributed by atoms with Crippen LogP contribution in [0.3, 0.4) is 0 Å². The number of imidazole rings is 1. The fraction of sp³-hybridized carbons (Fsp3) is 0.174. The topological polar surface area (TPSA) is 78.0 Å². The molecule has 0 atom stereocenters. The van der Waals surface area contributed by atoms with Gasteiger partial charge in [-0.1, -0.05) is 12.1 Å². The smallest absolute Gasteiger partial charge is 0.180 e. The highest BCUT2D eigenvalue weighted by molar-refractivity contribution is 5.86. The molecule has 0 unspecified atom stereocenters. The van der Waals surface area contributed by atoms with Gasteiger partial charge in [-0.2, -0.15) is 0 Å². The molecule has 1 fully saturated rings. The van der Waals surface area contributed by atoms with E-state index in [0.29, 0.717) is 18.9 Å². The Morgan fingerprint density at radius 1 is 1.07 bits per heavy atom. The molecule has 148 valence electrons. The van der Waals surface area contributed by atoms with Gasteiger partial charge in [0.25, 0.3) is 0 Å². The van der Waals surface area contributed by atoms with Crippen molar-refractivity contribution in [2.24, 2.45) is 4.99 Å². The molecule has 6 rings (SSSR count). The van der Waals surface area contributed by atoms with Crippen LogP contribution in [0.15, 0.2) is 66.0 Å². The van der Waals surface area contributed by atoms with Gasteiger partial charge >= 0.3 is 0 Å². The molecule has 7 heteroatoms. The van der Waals surface area contributed by atoms with Crippen molar-refractivity contribution in [2.75, 3.05) is 23.3 Å². The monoisotopic (exact) mass is 396 g/mol. The van der Waals surface area contributed by atoms with Crippen LogP contribution in [-0.4, -0.2) is 44.9 Å². The van der Waals surface area contributed by atoms with E-state index in [4.69, 9.17) is 4.98 Å². The zero-order valence-corrected chi connectivity index (χ0v) is 16.2. The SMILES string of the molecule is OC1CN(c2ccc(Nc3nc(-c4ccc5c(c4)CN=C5)cn4ccnc34)cc2)C1. The molecule has 0 bridgehead atoms. The number of β-amino-alcohol motifs (C(OH)–C–C–N with tert-alkyl or cyclic N) is 1. The van der Waals surface area contributed by atoms with E-state index >= 15 is 0 Å². The summed E-state index contributed by atoms with van der Waals surface area (Å²) in [6.45, 7) is 2.11. The van der Waals surface area contributed by atoms with E-state index in [2.05, 4.69) is 50.5 Å². The van der Waals surface area contributed by atoms with Crippen molar-refractivity contribution < 1.29 is 5.11 Å². The van der Waals surface area contributed by atoms with Crippen LogP contribution in [0.2, 0.25) is 0 Å². The third-order valence-corrected chi connectivity index (χ3v) is 5.66. The summed E-state index contributed by atoms with van der Waals surface area (Å²) in [5.41, 5.74) is 7.17. The maximum absolute atomic E-state index is 9.50. The minimum absolute atomic E-state index is 0.214. The second-order valence-corrected chi connectivity index (χ2v) is 7.75. The molecule has 30 heavy (non-hydrogen) atoms. The Kier molecular flexibility index (Phi) is 3.82. The number of nitrogens with zero attached hydrogens (tertiary/aromatic N) is 5. The Bertz CT molecular complexity index is 1270. The molecule has 2 N–H and O–H groups in total. The van der Waals surface area contributed by atoms with E-state index in [1.54, 1.807) is 6.20 Å². The first-order valence-electron chi connectivity index (χ1n) is 10.00. The zero-order valence-electron chi connectivity index (χ0n) is 16.2. The van der Waals surface area contributed by atoms with Gasteiger partial charge in [-0.25, -0.2) is 9.97 Å². The number of aromatic nitrogens is 3. The molecule has 0 spiro atoms. The molecule has 0 radical (unpaired) electrons. The van der Waals surface area contributed by atoms with Gasteiger partial charge in [-0.3, -0.25) is 4.99 Å². The zero-order chi connectivity index (χ0) is 20.1. The standard InChI is InChI=1S/C23H20N6O/c30-20-12-29(13-20)19-5-3-18(4-6-19)26-22-23-25-7-8-28(23)14-21(27-22)15-1-2-16-10-24-11-17(16)9-15/h1-10,14,20,30H,11-13H2,(H,26,27). The number of nitrogens with one attached hydrogen (secondary N) is 1. The molecular formula is C23H20N6O. The van der Waals surface area contributed by atoms with Crippen molar-refractivity contribution in [2.45, 2.75) is 12.6 Å². The fourth-order valence-corrected chi connectivity index (χ4v) is 3.98. The lowest BCUT2D eigenvalue weighted by atomic mass is 10.0. The van der Waals surface area contributed by atoms with Crippen LogP contribution in [0.1, 0.15) is 11.1 Å². The number of benzene rings is 2. The predicted octanol–water partition coefficient (Wildman–Crippen LogP) is 3.25. The van der Waals surface area contributed by atoms with E-state index in [0.717, 1.165) is 34.8 Å². The first kappa shape index (κ1) is 17.2. The Balaban J connectivity index is 1.33. The first-order valence-corrected chi connectivity index (χ1v) is 10.00. The average Bonchev–Trinajstić information content (AvgIpc) is 3.41. The molecule has 0 aliphatic carbocycles. The highest BCUT2D eigenvalue weighted by Crippen LogP contribution is 2.28. The van der Waals surface area contributed by atoms with Crippen molar-refractivity contribution in [3.8, 4) is 11.3 Å². The number of aliphatic imine (C=N–C) groups is 1. The first-order chi connectivity index (χ1) is 14.7. The quantitative estimate of drug-likeness (QED) is 0.554. The molecule has 4 heterocycles. The lowest BCUT2D eigenvalue weighted by Crippen LogP contribution is -2.50. The third kappa shape index (κ3) is 2.91. The van der Waals surface area contributed by atoms with Crippen LogP contribution < -0.4 is 10.2 Å². The molecule has 0 saturated carbocycles. The summed E-state index contributed by atoms with van der Waals surface area (Å²) in [5, 5.41) is 12.9. The maximum Gasteiger partial charge on any atom is 0.180 e. The molecule has 2 aliphatic rings. The Morgan fingerprint density at radius 3 is 2.77 bits per heavy atom. The van der Waals surface area contributed by atoms with Crippen molar-refractivity contribution in [3.05, 3.63) is 72.2 Å². The predicted molar refractivity (Wildman–Crippen MR) is 118 cm³/mol. The van der Waals surface area contributed by atoms with Crippen molar-refractivity contribution in [1.82, 2.24) is 14.4 Å². The fourth-order valence-electron chi connectivity index (χ4n) is 3.98. The Labute approximate surface area is 173 Å². The summed E-state index contributed by atoms with van der Waals surface area (Å²) in [4.78, 5) is 15.8. The highest BCUT2D eigenvalue weighted by Gasteiger charge is 2.24. The molecule has 2 aromatic heterocycles. The van der Waals surface area contributed by atoms with Gasteiger partial charge in [-0.15, -0.1) is 0 Å². The largest absolute Gasteiger partial charge is 0.389 e. The van der Waals surface area contributed by atoms with Crippen LogP contribution in [0.4, 0.5) is 17.2 Å². The van der Waals surface area contributed by atoms with E-state index in [-0.39, 0.29) is 6.10 Å². The molecule has 1 saturated heterocycles. The molecular weight excluding hydrogens is 376 g/mol. The molecule has 2 aromatic carbocycles. The van der Waals surface area contributed by atoms with E-state index in [1.807, 2.05) is 35.1 Å². The normalized spacial score (nSPS) is 15.4. The summed E-state index contributed by atoms with van der Waals surface area (Å²) in [6.07, 6.45) is 7.42. The van der Waals surface area contributed by atoms with Crippen LogP contribution in [0.5, 0.6) is 0 Å². The molecule has 7 nitrogen and oxygen atoms in total. The number of hydrogen-bond donors (Lipinski definition) is 2. The van der Waals surface area contributed by atoms with Gasteiger partial charge in [0.05, 0.1) is 18.3 Å². The van der Waals surface area contributed by atoms with Crippen molar-refractivity contribution >= 4 is 29.1 Å².